The fraction of sp³-hybridized carbons (Fsp3) is 0.707. The highest BCUT2D eigenvalue weighted by molar-refractivity contribution is 9.10. The molecular weight excluding hydrogens is 696 g/mol. The third kappa shape index (κ3) is 16.0. The van der Waals surface area contributed by atoms with Gasteiger partial charge < -0.3 is 28.4 Å². The van der Waals surface area contributed by atoms with Crippen LogP contribution in [0.1, 0.15) is 70.7 Å². The summed E-state index contributed by atoms with van der Waals surface area (Å²) in [6.07, 6.45) is 0. The largest absolute Gasteiger partial charge is 0.478 e. The van der Waals surface area contributed by atoms with Gasteiger partial charge in [0.15, 0.2) is 0 Å². The molecule has 0 N–H and O–H groups in total. The molecule has 0 saturated heterocycles. The number of rotatable bonds is 25. The predicted molar refractivity (Wildman–Crippen MR) is 207 cm³/mol. The van der Waals surface area contributed by atoms with Gasteiger partial charge in [-0.25, -0.2) is 0 Å². The Bertz CT molecular complexity index is 1230. The van der Waals surface area contributed by atoms with Crippen LogP contribution in [0.25, 0.3) is 0 Å². The number of hydrogen-bond acceptors (Lipinski definition) is 8. The van der Waals surface area contributed by atoms with Gasteiger partial charge in [-0.1, -0.05) is 74.3 Å². The molecule has 2 aromatic carbocycles. The van der Waals surface area contributed by atoms with Crippen molar-refractivity contribution in [2.24, 2.45) is 23.7 Å². The first-order valence-electron chi connectivity index (χ1n) is 18.8. The maximum atomic E-state index is 6.11. The molecule has 0 radical (unpaired) electrons. The van der Waals surface area contributed by atoms with E-state index in [0.29, 0.717) is 103 Å². The zero-order valence-corrected chi connectivity index (χ0v) is 34.1. The molecular formula is C41H67BrN2O6. The summed E-state index contributed by atoms with van der Waals surface area (Å²) in [4.78, 5) is 4.79. The summed E-state index contributed by atoms with van der Waals surface area (Å²) >= 11 is 3.61. The fourth-order valence-electron chi connectivity index (χ4n) is 5.98. The monoisotopic (exact) mass is 762 g/mol. The van der Waals surface area contributed by atoms with E-state index in [1.54, 1.807) is 0 Å². The van der Waals surface area contributed by atoms with E-state index in [-0.39, 0.29) is 6.04 Å². The zero-order chi connectivity index (χ0) is 36.5. The van der Waals surface area contributed by atoms with Crippen LogP contribution in [0.15, 0.2) is 40.9 Å². The number of halogens is 1. The Kier molecular flexibility index (Phi) is 19.9. The van der Waals surface area contributed by atoms with Crippen LogP contribution in [0.5, 0.6) is 5.75 Å². The number of likely N-dealkylation sites (N-methyl/N-ethyl adjacent to an activating group) is 1. The molecule has 50 heavy (non-hydrogen) atoms. The zero-order valence-electron chi connectivity index (χ0n) is 32.5. The van der Waals surface area contributed by atoms with Gasteiger partial charge in [0.1, 0.15) is 12.5 Å². The second-order valence-electron chi connectivity index (χ2n) is 15.1. The lowest BCUT2D eigenvalue weighted by atomic mass is 10.1. The van der Waals surface area contributed by atoms with E-state index >= 15 is 0 Å². The van der Waals surface area contributed by atoms with Crippen molar-refractivity contribution in [2.75, 3.05) is 79.3 Å². The van der Waals surface area contributed by atoms with E-state index in [1.807, 2.05) is 0 Å². The minimum Gasteiger partial charge on any atom is -0.478 e. The van der Waals surface area contributed by atoms with Crippen molar-refractivity contribution in [1.82, 2.24) is 9.80 Å². The first-order chi connectivity index (χ1) is 23.9. The van der Waals surface area contributed by atoms with E-state index in [0.717, 1.165) is 29.9 Å². The maximum absolute atomic E-state index is 6.11. The Morgan fingerprint density at radius 2 is 1.22 bits per heavy atom. The SMILES string of the molecule is CCN(Cc1cc(Br)ccc1C)C(C)COCC(C)COCC(C)COCC(C)COCC(C)COCC(C)N1COc2ccc(C)cc2C1. The van der Waals surface area contributed by atoms with Crippen LogP contribution >= 0.6 is 15.9 Å². The summed E-state index contributed by atoms with van der Waals surface area (Å²) in [6, 6.07) is 13.5. The number of fused-ring (bicyclic) bond motifs is 1. The lowest BCUT2D eigenvalue weighted by molar-refractivity contribution is -0.0183. The number of hydrogen-bond donors (Lipinski definition) is 0. The van der Waals surface area contributed by atoms with Gasteiger partial charge >= 0.3 is 0 Å². The standard InChI is InChI=1S/C41H67BrN2O6/c1-10-43(17-38-16-40(42)13-12-35(38)7)36(8)27-48-25-33(5)23-46-21-31(3)19-45-20-32(4)22-47-24-34(6)26-49-28-37(9)44-18-39-15-30(2)11-14-41(39)50-29-44/h11-16,31-34,36-37H,10,17-29H2,1-9H3. The van der Waals surface area contributed by atoms with Crippen molar-refractivity contribution < 1.29 is 28.4 Å². The number of ether oxygens (including phenoxy) is 6. The van der Waals surface area contributed by atoms with E-state index in [2.05, 4.69) is 124 Å². The van der Waals surface area contributed by atoms with Crippen LogP contribution in [0.3, 0.4) is 0 Å². The van der Waals surface area contributed by atoms with Crippen molar-refractivity contribution in [3.63, 3.8) is 0 Å². The summed E-state index contributed by atoms with van der Waals surface area (Å²) in [6.45, 7) is 30.0. The van der Waals surface area contributed by atoms with E-state index in [4.69, 9.17) is 28.4 Å². The third-order valence-corrected chi connectivity index (χ3v) is 9.74. The Balaban J connectivity index is 1.16. The van der Waals surface area contributed by atoms with Crippen LogP contribution < -0.4 is 4.74 Å². The second kappa shape index (κ2) is 23.2. The van der Waals surface area contributed by atoms with Crippen molar-refractivity contribution in [1.29, 1.82) is 0 Å². The Morgan fingerprint density at radius 1 is 0.700 bits per heavy atom. The molecule has 1 heterocycles. The summed E-state index contributed by atoms with van der Waals surface area (Å²) in [5.41, 5.74) is 5.19. The molecule has 284 valence electrons. The summed E-state index contributed by atoms with van der Waals surface area (Å²) in [5, 5.41) is 0. The van der Waals surface area contributed by atoms with Crippen LogP contribution in [0.4, 0.5) is 0 Å². The van der Waals surface area contributed by atoms with Crippen molar-refractivity contribution in [3.05, 3.63) is 63.1 Å². The highest BCUT2D eigenvalue weighted by Gasteiger charge is 2.22. The smallest absolute Gasteiger partial charge is 0.142 e. The van der Waals surface area contributed by atoms with Gasteiger partial charge in [-0.3, -0.25) is 9.80 Å². The molecule has 0 bridgehead atoms. The fourth-order valence-corrected chi connectivity index (χ4v) is 6.38. The summed E-state index contributed by atoms with van der Waals surface area (Å²) in [5.74, 6) is 2.36. The molecule has 0 amide bonds. The lowest BCUT2D eigenvalue weighted by Gasteiger charge is -2.33. The highest BCUT2D eigenvalue weighted by atomic mass is 79.9. The number of nitrogens with zero attached hydrogens (tertiary/aromatic N) is 2. The minimum atomic E-state index is 0.286. The molecule has 3 rings (SSSR count). The van der Waals surface area contributed by atoms with Gasteiger partial charge in [-0.2, -0.15) is 0 Å². The molecule has 1 aliphatic heterocycles. The first-order valence-corrected chi connectivity index (χ1v) is 19.6. The maximum Gasteiger partial charge on any atom is 0.142 e. The normalized spacial score (nSPS) is 17.2. The van der Waals surface area contributed by atoms with Gasteiger partial charge in [-0.15, -0.1) is 0 Å². The van der Waals surface area contributed by atoms with Gasteiger partial charge in [0, 0.05) is 58.9 Å². The predicted octanol–water partition coefficient (Wildman–Crippen LogP) is 8.14. The van der Waals surface area contributed by atoms with Crippen LogP contribution in [-0.2, 0) is 36.8 Å². The van der Waals surface area contributed by atoms with Gasteiger partial charge in [0.05, 0.1) is 66.1 Å². The quantitative estimate of drug-likeness (QED) is 0.101. The van der Waals surface area contributed by atoms with Crippen LogP contribution in [0, 0.1) is 37.5 Å². The number of aryl methyl sites for hydroxylation is 2. The molecule has 6 atom stereocenters. The molecule has 0 aromatic heterocycles. The molecule has 9 heteroatoms. The summed E-state index contributed by atoms with van der Waals surface area (Å²) in [7, 11) is 0. The molecule has 0 spiro atoms. The molecule has 0 saturated carbocycles. The lowest BCUT2D eigenvalue weighted by Crippen LogP contribution is -2.41. The average molecular weight is 764 g/mol. The molecule has 2 aromatic rings. The molecule has 0 aliphatic carbocycles. The Morgan fingerprint density at radius 3 is 1.76 bits per heavy atom. The average Bonchev–Trinajstić information content (AvgIpc) is 3.08. The van der Waals surface area contributed by atoms with Gasteiger partial charge in [0.25, 0.3) is 0 Å². The Hall–Kier alpha value is -1.56. The topological polar surface area (TPSA) is 61.9 Å². The highest BCUT2D eigenvalue weighted by Crippen LogP contribution is 2.27. The van der Waals surface area contributed by atoms with Crippen molar-refractivity contribution in [3.8, 4) is 5.75 Å². The van der Waals surface area contributed by atoms with E-state index in [9.17, 15) is 0 Å². The first kappa shape index (κ1) is 42.8. The molecule has 6 unspecified atom stereocenters. The Labute approximate surface area is 312 Å². The van der Waals surface area contributed by atoms with Crippen LogP contribution in [-0.4, -0.2) is 101 Å². The van der Waals surface area contributed by atoms with E-state index < -0.39 is 0 Å². The minimum absolute atomic E-state index is 0.286. The van der Waals surface area contributed by atoms with Gasteiger partial charge in [-0.05, 0) is 63.6 Å². The molecule has 1 aliphatic rings. The van der Waals surface area contributed by atoms with Crippen molar-refractivity contribution >= 4 is 15.9 Å². The summed E-state index contributed by atoms with van der Waals surface area (Å²) < 4.78 is 37.3. The molecule has 0 fully saturated rings. The number of benzene rings is 2. The molecule has 8 nitrogen and oxygen atoms in total. The third-order valence-electron chi connectivity index (χ3n) is 9.25. The van der Waals surface area contributed by atoms with Crippen LogP contribution in [0.2, 0.25) is 0 Å². The van der Waals surface area contributed by atoms with E-state index in [1.165, 1.54) is 22.3 Å². The second-order valence-corrected chi connectivity index (χ2v) is 16.0. The van der Waals surface area contributed by atoms with Crippen molar-refractivity contribution in [2.45, 2.75) is 87.5 Å². The van der Waals surface area contributed by atoms with Gasteiger partial charge in [0.2, 0.25) is 0 Å².